The van der Waals surface area contributed by atoms with Crippen molar-refractivity contribution in [2.24, 2.45) is 5.92 Å². The summed E-state index contributed by atoms with van der Waals surface area (Å²) in [6.45, 7) is 4.61. The van der Waals surface area contributed by atoms with Crippen molar-refractivity contribution >= 4 is 0 Å². The van der Waals surface area contributed by atoms with E-state index in [1.807, 2.05) is 0 Å². The zero-order chi connectivity index (χ0) is 10.6. The highest BCUT2D eigenvalue weighted by atomic mass is 14.2. The summed E-state index contributed by atoms with van der Waals surface area (Å²) in [4.78, 5) is 0. The van der Waals surface area contributed by atoms with Crippen LogP contribution in [0.2, 0.25) is 0 Å². The van der Waals surface area contributed by atoms with Crippen molar-refractivity contribution in [1.82, 2.24) is 0 Å². The number of unbranched alkanes of at least 4 members (excludes halogenated alkanes) is 6. The van der Waals surface area contributed by atoms with Crippen LogP contribution >= 0.6 is 0 Å². The van der Waals surface area contributed by atoms with Gasteiger partial charge in [-0.2, -0.15) is 5.26 Å². The second kappa shape index (κ2) is 10.6. The van der Waals surface area contributed by atoms with E-state index in [0.29, 0.717) is 0 Å². The molecule has 0 fully saturated rings. The van der Waals surface area contributed by atoms with Gasteiger partial charge in [0.15, 0.2) is 0 Å². The third-order valence-electron chi connectivity index (χ3n) is 2.93. The molecule has 1 nitrogen and oxygen atoms in total. The monoisotopic (exact) mass is 195 g/mol. The Morgan fingerprint density at radius 3 is 2.14 bits per heavy atom. The smallest absolute Gasteiger partial charge is 0.0621 e. The van der Waals surface area contributed by atoms with Crippen LogP contribution in [0.5, 0.6) is 0 Å². The van der Waals surface area contributed by atoms with E-state index in [1.165, 1.54) is 44.9 Å². The Hall–Kier alpha value is -0.510. The fraction of sp³-hybridized carbons (Fsp3) is 0.923. The van der Waals surface area contributed by atoms with Crippen molar-refractivity contribution in [1.29, 1.82) is 5.26 Å². The van der Waals surface area contributed by atoms with Gasteiger partial charge in [-0.1, -0.05) is 58.8 Å². The van der Waals surface area contributed by atoms with Crippen molar-refractivity contribution in [3.63, 3.8) is 0 Å². The minimum absolute atomic E-state index is 0.743. The molecule has 0 rings (SSSR count). The van der Waals surface area contributed by atoms with Gasteiger partial charge in [-0.3, -0.25) is 0 Å². The maximum absolute atomic E-state index is 8.35. The summed E-state index contributed by atoms with van der Waals surface area (Å²) in [6, 6.07) is 2.19. The highest BCUT2D eigenvalue weighted by Crippen LogP contribution is 2.14. The molecule has 0 aromatic carbocycles. The average Bonchev–Trinajstić information content (AvgIpc) is 2.21. The molecule has 0 saturated carbocycles. The number of rotatable bonds is 9. The Morgan fingerprint density at radius 2 is 1.57 bits per heavy atom. The van der Waals surface area contributed by atoms with E-state index in [-0.39, 0.29) is 0 Å². The summed E-state index contributed by atoms with van der Waals surface area (Å²) in [7, 11) is 0. The molecule has 0 radical (unpaired) electrons. The molecule has 0 aliphatic carbocycles. The molecule has 1 unspecified atom stereocenters. The third-order valence-corrected chi connectivity index (χ3v) is 2.93. The molecule has 0 N–H and O–H groups in total. The largest absolute Gasteiger partial charge is 0.198 e. The first-order valence-corrected chi connectivity index (χ1v) is 6.18. The molecule has 0 aromatic heterocycles. The predicted molar refractivity (Wildman–Crippen MR) is 62.0 cm³/mol. The summed E-state index contributed by atoms with van der Waals surface area (Å²) >= 11 is 0. The van der Waals surface area contributed by atoms with Crippen LogP contribution in [0.25, 0.3) is 0 Å². The summed E-state index contributed by atoms with van der Waals surface area (Å²) in [5.41, 5.74) is 0. The van der Waals surface area contributed by atoms with Gasteiger partial charge in [0.25, 0.3) is 0 Å². The van der Waals surface area contributed by atoms with E-state index in [2.05, 4.69) is 19.9 Å². The lowest BCUT2D eigenvalue weighted by Crippen LogP contribution is -1.91. The molecule has 0 bridgehead atoms. The molecular weight excluding hydrogens is 170 g/mol. The van der Waals surface area contributed by atoms with Crippen LogP contribution in [0.3, 0.4) is 0 Å². The number of nitrogens with zero attached hydrogens (tertiary/aromatic N) is 1. The first-order valence-electron chi connectivity index (χ1n) is 6.18. The lowest BCUT2D eigenvalue weighted by atomic mass is 10.00. The fourth-order valence-corrected chi connectivity index (χ4v) is 1.61. The van der Waals surface area contributed by atoms with Crippen LogP contribution in [-0.4, -0.2) is 0 Å². The van der Waals surface area contributed by atoms with Gasteiger partial charge in [0.2, 0.25) is 0 Å². The average molecular weight is 195 g/mol. The van der Waals surface area contributed by atoms with Gasteiger partial charge in [-0.25, -0.2) is 0 Å². The van der Waals surface area contributed by atoms with Crippen molar-refractivity contribution in [2.75, 3.05) is 0 Å². The van der Waals surface area contributed by atoms with Crippen LogP contribution in [0, 0.1) is 17.2 Å². The van der Waals surface area contributed by atoms with E-state index < -0.39 is 0 Å². The van der Waals surface area contributed by atoms with Crippen LogP contribution in [0.15, 0.2) is 0 Å². The van der Waals surface area contributed by atoms with E-state index in [0.717, 1.165) is 18.8 Å². The molecule has 0 amide bonds. The highest BCUT2D eigenvalue weighted by Gasteiger charge is 1.97. The van der Waals surface area contributed by atoms with Crippen molar-refractivity contribution in [2.45, 2.75) is 71.6 Å². The number of nitriles is 1. The summed E-state index contributed by atoms with van der Waals surface area (Å²) in [5, 5.41) is 8.35. The van der Waals surface area contributed by atoms with Gasteiger partial charge >= 0.3 is 0 Å². The van der Waals surface area contributed by atoms with Gasteiger partial charge < -0.3 is 0 Å². The van der Waals surface area contributed by atoms with Gasteiger partial charge in [-0.15, -0.1) is 0 Å². The predicted octanol–water partition coefficient (Wildman–Crippen LogP) is 4.68. The molecule has 14 heavy (non-hydrogen) atoms. The Morgan fingerprint density at radius 1 is 1.00 bits per heavy atom. The Bertz CT molecular complexity index is 146. The van der Waals surface area contributed by atoms with E-state index >= 15 is 0 Å². The van der Waals surface area contributed by atoms with E-state index in [9.17, 15) is 0 Å². The molecule has 0 aliphatic rings. The van der Waals surface area contributed by atoms with Crippen LogP contribution in [0.1, 0.15) is 71.6 Å². The normalized spacial score (nSPS) is 12.4. The zero-order valence-corrected chi connectivity index (χ0v) is 9.89. The molecule has 0 saturated heterocycles. The third kappa shape index (κ3) is 9.58. The second-order valence-corrected chi connectivity index (χ2v) is 4.33. The van der Waals surface area contributed by atoms with Crippen molar-refractivity contribution < 1.29 is 0 Å². The first-order chi connectivity index (χ1) is 6.81. The van der Waals surface area contributed by atoms with Crippen LogP contribution in [0.4, 0.5) is 0 Å². The maximum Gasteiger partial charge on any atom is 0.0621 e. The molecule has 0 aliphatic heterocycles. The number of hydrogen-bond donors (Lipinski definition) is 0. The Balaban J connectivity index is 2.96. The minimum Gasteiger partial charge on any atom is -0.198 e. The maximum atomic E-state index is 8.35. The minimum atomic E-state index is 0.743. The first kappa shape index (κ1) is 13.5. The molecule has 0 aromatic rings. The summed E-state index contributed by atoms with van der Waals surface area (Å²) < 4.78 is 0. The van der Waals surface area contributed by atoms with Crippen LogP contribution < -0.4 is 0 Å². The molecule has 0 heterocycles. The second-order valence-electron chi connectivity index (χ2n) is 4.33. The van der Waals surface area contributed by atoms with Crippen LogP contribution in [-0.2, 0) is 0 Å². The molecular formula is C13H25N. The van der Waals surface area contributed by atoms with Gasteiger partial charge in [0, 0.05) is 6.42 Å². The fourth-order valence-electron chi connectivity index (χ4n) is 1.61. The quantitative estimate of drug-likeness (QED) is 0.490. The SMILES string of the molecule is CCC(C)CCCCCCCCC#N. The van der Waals surface area contributed by atoms with Gasteiger partial charge in [0.05, 0.1) is 6.07 Å². The Kier molecular flexibility index (Phi) is 10.2. The van der Waals surface area contributed by atoms with Crippen molar-refractivity contribution in [3.8, 4) is 6.07 Å². The standard InChI is InChI=1S/C13H25N/c1-3-13(2)11-9-7-5-4-6-8-10-12-14/h13H,3-11H2,1-2H3. The molecule has 82 valence electrons. The Labute approximate surface area is 89.5 Å². The number of hydrogen-bond acceptors (Lipinski definition) is 1. The topological polar surface area (TPSA) is 23.8 Å². The highest BCUT2D eigenvalue weighted by molar-refractivity contribution is 4.67. The molecule has 1 atom stereocenters. The lowest BCUT2D eigenvalue weighted by molar-refractivity contribution is 0.471. The van der Waals surface area contributed by atoms with Gasteiger partial charge in [-0.05, 0) is 12.3 Å². The summed E-state index contributed by atoms with van der Waals surface area (Å²) in [5.74, 6) is 0.911. The van der Waals surface area contributed by atoms with Crippen molar-refractivity contribution in [3.05, 3.63) is 0 Å². The van der Waals surface area contributed by atoms with E-state index in [4.69, 9.17) is 5.26 Å². The molecule has 1 heteroatoms. The van der Waals surface area contributed by atoms with E-state index in [1.54, 1.807) is 0 Å². The summed E-state index contributed by atoms with van der Waals surface area (Å²) in [6.07, 6.45) is 11.3. The van der Waals surface area contributed by atoms with Gasteiger partial charge in [0.1, 0.15) is 0 Å². The lowest BCUT2D eigenvalue weighted by Gasteiger charge is -2.07. The molecule has 0 spiro atoms. The zero-order valence-electron chi connectivity index (χ0n) is 9.89.